The fraction of sp³-hybridized carbons (Fsp3) is 0.591. The van der Waals surface area contributed by atoms with Gasteiger partial charge in [0.25, 0.3) is 0 Å². The van der Waals surface area contributed by atoms with E-state index in [1.807, 2.05) is 30.3 Å². The molecule has 0 spiro atoms. The molecule has 4 nitrogen and oxygen atoms in total. The quantitative estimate of drug-likeness (QED) is 0.219. The van der Waals surface area contributed by atoms with Crippen LogP contribution in [0.5, 0.6) is 5.75 Å². The molecule has 0 radical (unpaired) electrons. The predicted octanol–water partition coefficient (Wildman–Crippen LogP) is 5.38. The number of allylic oxidation sites excluding steroid dienone is 1. The molecule has 0 bridgehead atoms. The van der Waals surface area contributed by atoms with Gasteiger partial charge < -0.3 is 13.9 Å². The minimum atomic E-state index is -1.90. The second-order valence-electron chi connectivity index (χ2n) is 8.49. The molecule has 0 aliphatic carbocycles. The summed E-state index contributed by atoms with van der Waals surface area (Å²) in [6.07, 6.45) is 5.14. The zero-order valence-electron chi connectivity index (χ0n) is 18.0. The van der Waals surface area contributed by atoms with Crippen LogP contribution >= 0.6 is 0 Å². The number of hydrogen-bond acceptors (Lipinski definition) is 4. The second kappa shape index (κ2) is 10.8. The normalized spacial score (nSPS) is 14.9. The average Bonchev–Trinajstić information content (AvgIpc) is 2.61. The molecule has 0 N–H and O–H groups in total. The molecule has 27 heavy (non-hydrogen) atoms. The van der Waals surface area contributed by atoms with Gasteiger partial charge in [-0.25, -0.2) is 0 Å². The number of aldehydes is 1. The van der Waals surface area contributed by atoms with E-state index in [1.54, 1.807) is 13.2 Å². The summed E-state index contributed by atoms with van der Waals surface area (Å²) in [6.45, 7) is 14.5. The van der Waals surface area contributed by atoms with Crippen molar-refractivity contribution in [3.05, 3.63) is 42.0 Å². The lowest BCUT2D eigenvalue weighted by atomic mass is 10.0. The number of benzene rings is 1. The highest BCUT2D eigenvalue weighted by molar-refractivity contribution is 6.74. The first kappa shape index (κ1) is 23.6. The van der Waals surface area contributed by atoms with Gasteiger partial charge in [-0.15, -0.1) is 0 Å². The standard InChI is InChI=1S/C22H36O4Si/c1-18(9-8-15-23)21(26-27(6,7)22(2,3)4)14-16-25-17-19-10-12-20(24-5)13-11-19/h8-13,15,18,21H,14,16-17H2,1-7H3/b9-8+/t18-,21+/m1/s1. The summed E-state index contributed by atoms with van der Waals surface area (Å²) in [4.78, 5) is 10.7. The Morgan fingerprint density at radius 2 is 1.78 bits per heavy atom. The maximum absolute atomic E-state index is 10.7. The molecule has 0 aliphatic heterocycles. The Bertz CT molecular complexity index is 587. The summed E-state index contributed by atoms with van der Waals surface area (Å²) in [7, 11) is -0.235. The Labute approximate surface area is 166 Å². The van der Waals surface area contributed by atoms with Gasteiger partial charge in [0.05, 0.1) is 19.8 Å². The number of hydrogen-bond donors (Lipinski definition) is 0. The summed E-state index contributed by atoms with van der Waals surface area (Å²) in [5.41, 5.74) is 1.12. The van der Waals surface area contributed by atoms with Crippen LogP contribution in [0, 0.1) is 5.92 Å². The van der Waals surface area contributed by atoms with Crippen LogP contribution in [-0.4, -0.2) is 34.4 Å². The maximum Gasteiger partial charge on any atom is 0.192 e. The topological polar surface area (TPSA) is 44.8 Å². The number of rotatable bonds is 11. The molecule has 0 fully saturated rings. The first-order valence-corrected chi connectivity index (χ1v) is 12.5. The van der Waals surface area contributed by atoms with E-state index in [-0.39, 0.29) is 17.1 Å². The van der Waals surface area contributed by atoms with E-state index < -0.39 is 8.32 Å². The van der Waals surface area contributed by atoms with Crippen molar-refractivity contribution in [1.29, 1.82) is 0 Å². The van der Waals surface area contributed by atoms with Crippen LogP contribution in [0.2, 0.25) is 18.1 Å². The Morgan fingerprint density at radius 3 is 2.30 bits per heavy atom. The third-order valence-electron chi connectivity index (χ3n) is 5.31. The van der Waals surface area contributed by atoms with Crippen LogP contribution in [0.4, 0.5) is 0 Å². The molecule has 1 aromatic rings. The lowest BCUT2D eigenvalue weighted by molar-refractivity contribution is -0.104. The summed E-state index contributed by atoms with van der Waals surface area (Å²) in [6, 6.07) is 7.90. The molecule has 0 saturated heterocycles. The Balaban J connectivity index is 2.64. The fourth-order valence-corrected chi connectivity index (χ4v) is 3.88. The highest BCUT2D eigenvalue weighted by Crippen LogP contribution is 2.38. The lowest BCUT2D eigenvalue weighted by Gasteiger charge is -2.40. The molecule has 0 aromatic heterocycles. The molecule has 0 heterocycles. The highest BCUT2D eigenvalue weighted by atomic mass is 28.4. The summed E-state index contributed by atoms with van der Waals surface area (Å²) in [5, 5.41) is 0.142. The van der Waals surface area contributed by atoms with Gasteiger partial charge in [-0.2, -0.15) is 0 Å². The van der Waals surface area contributed by atoms with Crippen molar-refractivity contribution in [2.24, 2.45) is 5.92 Å². The van der Waals surface area contributed by atoms with Gasteiger partial charge in [0.15, 0.2) is 8.32 Å². The molecule has 152 valence electrons. The average molecular weight is 393 g/mol. The number of methoxy groups -OCH3 is 1. The smallest absolute Gasteiger partial charge is 0.192 e. The monoisotopic (exact) mass is 392 g/mol. The van der Waals surface area contributed by atoms with E-state index in [2.05, 4.69) is 40.8 Å². The van der Waals surface area contributed by atoms with E-state index in [1.165, 1.54) is 0 Å². The molecule has 1 aromatic carbocycles. The van der Waals surface area contributed by atoms with Crippen molar-refractivity contribution in [2.45, 2.75) is 65.0 Å². The molecule has 0 aliphatic rings. The highest BCUT2D eigenvalue weighted by Gasteiger charge is 2.39. The summed E-state index contributed by atoms with van der Waals surface area (Å²) >= 11 is 0. The van der Waals surface area contributed by atoms with Crippen LogP contribution in [0.15, 0.2) is 36.4 Å². The number of carbonyl (C=O) groups is 1. The van der Waals surface area contributed by atoms with Gasteiger partial charge >= 0.3 is 0 Å². The molecule has 0 amide bonds. The molecule has 0 unspecified atom stereocenters. The van der Waals surface area contributed by atoms with Crippen molar-refractivity contribution in [3.63, 3.8) is 0 Å². The summed E-state index contributed by atoms with van der Waals surface area (Å²) < 4.78 is 17.7. The van der Waals surface area contributed by atoms with Gasteiger partial charge in [-0.1, -0.05) is 45.9 Å². The predicted molar refractivity (Wildman–Crippen MR) is 114 cm³/mol. The fourth-order valence-electron chi connectivity index (χ4n) is 2.44. The largest absolute Gasteiger partial charge is 0.497 e. The third-order valence-corrected chi connectivity index (χ3v) is 9.81. The zero-order chi connectivity index (χ0) is 20.5. The maximum atomic E-state index is 10.7. The number of ether oxygens (including phenoxy) is 2. The number of carbonyl (C=O) groups excluding carboxylic acids is 1. The second-order valence-corrected chi connectivity index (χ2v) is 13.2. The Hall–Kier alpha value is -1.43. The van der Waals surface area contributed by atoms with E-state index in [9.17, 15) is 4.79 Å². The van der Waals surface area contributed by atoms with Crippen LogP contribution in [-0.2, 0) is 20.6 Å². The summed E-state index contributed by atoms with van der Waals surface area (Å²) in [5.74, 6) is 1.01. The van der Waals surface area contributed by atoms with Gasteiger partial charge in [0, 0.05) is 6.61 Å². The molecule has 0 saturated carbocycles. The van der Waals surface area contributed by atoms with Gasteiger partial charge in [0.1, 0.15) is 12.0 Å². The van der Waals surface area contributed by atoms with Crippen molar-refractivity contribution in [3.8, 4) is 5.75 Å². The molecule has 2 atom stereocenters. The Morgan fingerprint density at radius 1 is 1.15 bits per heavy atom. The molecular formula is C22H36O4Si. The van der Waals surface area contributed by atoms with E-state index in [0.29, 0.717) is 13.2 Å². The third kappa shape index (κ3) is 7.99. The molecular weight excluding hydrogens is 356 g/mol. The van der Waals surface area contributed by atoms with E-state index in [4.69, 9.17) is 13.9 Å². The van der Waals surface area contributed by atoms with Crippen molar-refractivity contribution in [2.75, 3.05) is 13.7 Å². The van der Waals surface area contributed by atoms with Crippen LogP contribution in [0.1, 0.15) is 39.7 Å². The van der Waals surface area contributed by atoms with Crippen LogP contribution in [0.25, 0.3) is 0 Å². The van der Waals surface area contributed by atoms with Gasteiger partial charge in [0.2, 0.25) is 0 Å². The van der Waals surface area contributed by atoms with Crippen molar-refractivity contribution < 1.29 is 18.7 Å². The van der Waals surface area contributed by atoms with Crippen LogP contribution in [0.3, 0.4) is 0 Å². The van der Waals surface area contributed by atoms with Crippen molar-refractivity contribution >= 4 is 14.6 Å². The van der Waals surface area contributed by atoms with Crippen LogP contribution < -0.4 is 4.74 Å². The van der Waals surface area contributed by atoms with Gasteiger partial charge in [-0.3, -0.25) is 4.79 Å². The first-order chi connectivity index (χ1) is 12.6. The lowest BCUT2D eigenvalue weighted by Crippen LogP contribution is -2.45. The van der Waals surface area contributed by atoms with Crippen molar-refractivity contribution in [1.82, 2.24) is 0 Å². The van der Waals surface area contributed by atoms with E-state index >= 15 is 0 Å². The minimum Gasteiger partial charge on any atom is -0.497 e. The SMILES string of the molecule is COc1ccc(COCC[C@H](O[Si](C)(C)C(C)(C)C)[C@H](C)/C=C/C=O)cc1. The van der Waals surface area contributed by atoms with E-state index in [0.717, 1.165) is 24.0 Å². The zero-order valence-corrected chi connectivity index (χ0v) is 19.0. The molecule has 5 heteroatoms. The van der Waals surface area contributed by atoms with Gasteiger partial charge in [-0.05, 0) is 54.2 Å². The molecule has 1 rings (SSSR count). The minimum absolute atomic E-state index is 0.0398. The first-order valence-electron chi connectivity index (χ1n) is 9.61. The Kier molecular flexibility index (Phi) is 9.43.